The van der Waals surface area contributed by atoms with Crippen molar-refractivity contribution in [2.45, 2.75) is 84.7 Å². The van der Waals surface area contributed by atoms with Crippen molar-refractivity contribution in [1.82, 2.24) is 0 Å². The Bertz CT molecular complexity index is 2960. The minimum atomic E-state index is -0.138. The summed E-state index contributed by atoms with van der Waals surface area (Å²) in [6, 6.07) is 62.8. The van der Waals surface area contributed by atoms with Crippen LogP contribution >= 0.6 is 0 Å². The van der Waals surface area contributed by atoms with E-state index in [-0.39, 0.29) is 28.3 Å². The summed E-state index contributed by atoms with van der Waals surface area (Å²) in [5, 5.41) is 0. The molecule has 2 bridgehead atoms. The largest absolute Gasteiger partial charge is 0.471 e. The van der Waals surface area contributed by atoms with E-state index in [1.807, 2.05) is 0 Å². The van der Waals surface area contributed by atoms with Gasteiger partial charge in [-0.05, 0) is 134 Å². The second-order valence-electron chi connectivity index (χ2n) is 21.4. The Hall–Kier alpha value is -6.98. The van der Waals surface area contributed by atoms with Gasteiger partial charge in [0, 0.05) is 45.7 Å². The molecule has 0 saturated carbocycles. The maximum atomic E-state index is 7.15. The molecular weight excluding hydrogens is 814 g/mol. The summed E-state index contributed by atoms with van der Waals surface area (Å²) in [7, 11) is 2.38. The molecule has 2 heterocycles. The zero-order valence-corrected chi connectivity index (χ0v) is 40.5. The number of allylic oxidation sites excluding steroid dienone is 2. The third-order valence-corrected chi connectivity index (χ3v) is 13.5. The highest BCUT2D eigenvalue weighted by Gasteiger charge is 2.39. The van der Waals surface area contributed by atoms with E-state index in [1.54, 1.807) is 0 Å². The van der Waals surface area contributed by atoms with E-state index < -0.39 is 0 Å². The molecule has 0 aromatic heterocycles. The van der Waals surface area contributed by atoms with E-state index in [0.717, 1.165) is 67.9 Å². The highest BCUT2D eigenvalue weighted by molar-refractivity contribution is 6.63. The van der Waals surface area contributed by atoms with Gasteiger partial charge in [-0.15, -0.1) is 0 Å². The first kappa shape index (κ1) is 43.9. The Kier molecular flexibility index (Phi) is 11.2. The smallest absolute Gasteiger partial charge is 0.196 e. The van der Waals surface area contributed by atoms with Gasteiger partial charge in [-0.2, -0.15) is 0 Å². The molecule has 0 amide bonds. The van der Waals surface area contributed by atoms with Gasteiger partial charge in [0.05, 0.1) is 5.69 Å². The zero-order valence-electron chi connectivity index (χ0n) is 40.5. The lowest BCUT2D eigenvalue weighted by atomic mass is 9.58. The monoisotopic (exact) mass is 874 g/mol. The molecule has 7 aromatic carbocycles. The molecule has 0 N–H and O–H groups in total. The number of para-hydroxylation sites is 1. The number of nitrogens with zero attached hydrogens (tertiary/aromatic N) is 3. The Morgan fingerprint density at radius 2 is 0.955 bits per heavy atom. The fourth-order valence-corrected chi connectivity index (χ4v) is 9.63. The van der Waals surface area contributed by atoms with E-state index in [2.05, 4.69) is 278 Å². The van der Waals surface area contributed by atoms with Gasteiger partial charge in [-0.3, -0.25) is 4.90 Å². The Labute approximate surface area is 399 Å². The van der Waals surface area contributed by atoms with Crippen LogP contribution in [0.4, 0.5) is 45.5 Å². The van der Waals surface area contributed by atoms with Crippen LogP contribution in [0, 0.1) is 5.92 Å². The van der Waals surface area contributed by atoms with E-state index in [1.165, 1.54) is 22.3 Å². The minimum absolute atomic E-state index is 0.0232. The van der Waals surface area contributed by atoms with Crippen molar-refractivity contribution in [3.05, 3.63) is 222 Å². The molecule has 1 aliphatic carbocycles. The third-order valence-electron chi connectivity index (χ3n) is 13.5. The van der Waals surface area contributed by atoms with Crippen LogP contribution in [-0.2, 0) is 21.0 Å². The summed E-state index contributed by atoms with van der Waals surface area (Å²) in [5.41, 5.74) is 17.2. The van der Waals surface area contributed by atoms with Crippen molar-refractivity contribution in [2.24, 2.45) is 5.92 Å². The van der Waals surface area contributed by atoms with Gasteiger partial charge in [0.25, 0.3) is 0 Å². The third kappa shape index (κ3) is 8.64. The molecule has 2 unspecified atom stereocenters. The van der Waals surface area contributed by atoms with Gasteiger partial charge >= 0.3 is 0 Å². The molecule has 5 heteroatoms. The molecule has 4 nitrogen and oxygen atoms in total. The number of anilines is 8. The van der Waals surface area contributed by atoms with Gasteiger partial charge in [-0.1, -0.05) is 177 Å². The van der Waals surface area contributed by atoms with Crippen molar-refractivity contribution in [2.75, 3.05) is 14.7 Å². The number of fused-ring (bicyclic) bond motifs is 5. The number of hydrogen-bond donors (Lipinski definition) is 0. The highest BCUT2D eigenvalue weighted by atomic mass is 16.5. The van der Waals surface area contributed by atoms with Crippen molar-refractivity contribution in [3.8, 4) is 11.1 Å². The molecule has 333 valence electrons. The van der Waals surface area contributed by atoms with Crippen molar-refractivity contribution < 1.29 is 4.74 Å². The van der Waals surface area contributed by atoms with Gasteiger partial charge in [0.1, 0.15) is 6.10 Å². The molecule has 0 saturated heterocycles. The second kappa shape index (κ2) is 17.0. The molecule has 10 rings (SSSR count). The fourth-order valence-electron chi connectivity index (χ4n) is 9.63. The van der Waals surface area contributed by atoms with E-state index >= 15 is 0 Å². The van der Waals surface area contributed by atoms with Crippen molar-refractivity contribution >= 4 is 58.2 Å². The van der Waals surface area contributed by atoms with Crippen LogP contribution in [-0.4, -0.2) is 13.4 Å². The second-order valence-corrected chi connectivity index (χ2v) is 21.4. The summed E-state index contributed by atoms with van der Waals surface area (Å²) in [5.74, 6) is 0.862. The molecule has 7 aromatic rings. The topological polar surface area (TPSA) is 19.0 Å². The molecule has 2 aliphatic heterocycles. The maximum Gasteiger partial charge on any atom is 0.196 e. The van der Waals surface area contributed by atoms with Crippen LogP contribution in [0.15, 0.2) is 206 Å². The lowest BCUT2D eigenvalue weighted by Gasteiger charge is -2.34. The van der Waals surface area contributed by atoms with E-state index in [9.17, 15) is 0 Å². The first-order valence-corrected chi connectivity index (χ1v) is 23.8. The average Bonchev–Trinajstić information content (AvgIpc) is 3.67. The number of benzene rings is 7. The Morgan fingerprint density at radius 3 is 1.55 bits per heavy atom. The van der Waals surface area contributed by atoms with Crippen LogP contribution < -0.4 is 20.2 Å². The maximum absolute atomic E-state index is 7.15. The molecular formula is C62H61BN3O. The van der Waals surface area contributed by atoms with Crippen LogP contribution in [0.5, 0.6) is 0 Å². The quantitative estimate of drug-likeness (QED) is 0.155. The van der Waals surface area contributed by atoms with Gasteiger partial charge in [0.15, 0.2) is 13.2 Å². The molecule has 3 aliphatic rings. The van der Waals surface area contributed by atoms with Gasteiger partial charge in [0.2, 0.25) is 0 Å². The first-order valence-electron chi connectivity index (χ1n) is 23.8. The average molecular weight is 875 g/mol. The van der Waals surface area contributed by atoms with Gasteiger partial charge < -0.3 is 14.5 Å². The summed E-state index contributed by atoms with van der Waals surface area (Å²) in [6.07, 6.45) is 8.63. The SMILES string of the molecule is CC(C)(C)c1ccc(-c2cccc(N3C4=C([B]c5ccc(N(c6ccc(C(C)(C)C)cc6)c6ccc(C(C)(C)C)cc6)cc5N(c5ccccc5)c5cccc3c5)C3C=CC=CC3O4)c2)cc1. The standard InChI is InChI=1S/C62H61BN3O/c1-60(2,3)44-27-25-42(26-28-44)43-17-15-20-50(39-43)66-52-22-16-21-51(40-52)65(47-18-11-10-12-19-47)56-41-53(37-38-55(56)63-58-54-23-13-14-24-57(54)67-59(58)66)64(48-33-29-45(30-34-48)61(4,5)6)49-35-31-46(32-36-49)62(7,8)9/h10-41,54,57H,1-9H3. The summed E-state index contributed by atoms with van der Waals surface area (Å²) < 4.78 is 7.15. The van der Waals surface area contributed by atoms with Crippen LogP contribution in [0.2, 0.25) is 0 Å². The zero-order chi connectivity index (χ0) is 46.7. The van der Waals surface area contributed by atoms with Crippen molar-refractivity contribution in [3.63, 3.8) is 0 Å². The Balaban J connectivity index is 1.17. The summed E-state index contributed by atoms with van der Waals surface area (Å²) in [6.45, 7) is 20.4. The lowest BCUT2D eigenvalue weighted by molar-refractivity contribution is 0.162. The van der Waals surface area contributed by atoms with E-state index in [4.69, 9.17) is 4.74 Å². The van der Waals surface area contributed by atoms with Crippen LogP contribution in [0.3, 0.4) is 0 Å². The number of rotatable bonds is 6. The summed E-state index contributed by atoms with van der Waals surface area (Å²) in [4.78, 5) is 7.15. The molecule has 67 heavy (non-hydrogen) atoms. The molecule has 0 spiro atoms. The summed E-state index contributed by atoms with van der Waals surface area (Å²) >= 11 is 0. The lowest BCUT2D eigenvalue weighted by Crippen LogP contribution is -2.30. The minimum Gasteiger partial charge on any atom is -0.471 e. The highest BCUT2D eigenvalue weighted by Crippen LogP contribution is 2.47. The number of ether oxygens (including phenoxy) is 1. The first-order chi connectivity index (χ1) is 32.1. The fraction of sp³-hybridized carbons (Fsp3) is 0.226. The Morgan fingerprint density at radius 1 is 0.448 bits per heavy atom. The van der Waals surface area contributed by atoms with Crippen molar-refractivity contribution in [1.29, 1.82) is 0 Å². The molecule has 0 fully saturated rings. The normalized spacial score (nSPS) is 16.7. The predicted molar refractivity (Wildman–Crippen MR) is 285 cm³/mol. The van der Waals surface area contributed by atoms with Gasteiger partial charge in [-0.25, -0.2) is 0 Å². The number of hydrogen-bond acceptors (Lipinski definition) is 4. The van der Waals surface area contributed by atoms with Crippen LogP contribution in [0.25, 0.3) is 11.1 Å². The predicted octanol–water partition coefficient (Wildman–Crippen LogP) is 16.0. The molecule has 2 atom stereocenters. The van der Waals surface area contributed by atoms with Crippen LogP contribution in [0.1, 0.15) is 79.0 Å². The van der Waals surface area contributed by atoms with E-state index in [0.29, 0.717) is 0 Å². The molecule has 1 radical (unpaired) electrons.